The fourth-order valence-corrected chi connectivity index (χ4v) is 2.54. The van der Waals surface area contributed by atoms with Crippen LogP contribution in [-0.4, -0.2) is 4.83 Å². The van der Waals surface area contributed by atoms with E-state index < -0.39 is 11.6 Å². The Morgan fingerprint density at radius 1 is 1.40 bits per heavy atom. The van der Waals surface area contributed by atoms with E-state index in [0.29, 0.717) is 16.8 Å². The zero-order valence-corrected chi connectivity index (χ0v) is 10.2. The fourth-order valence-electron chi connectivity index (χ4n) is 1.92. The highest BCUT2D eigenvalue weighted by Gasteiger charge is 2.46. The van der Waals surface area contributed by atoms with Crippen LogP contribution in [0.2, 0.25) is 0 Å². The second-order valence-corrected chi connectivity index (χ2v) is 5.76. The van der Waals surface area contributed by atoms with Gasteiger partial charge in [0.15, 0.2) is 0 Å². The molecule has 2 rings (SSSR count). The van der Waals surface area contributed by atoms with Gasteiger partial charge in [0.1, 0.15) is 11.6 Å². The lowest BCUT2D eigenvalue weighted by atomic mass is 9.93. The van der Waals surface area contributed by atoms with E-state index in [1.807, 2.05) is 0 Å². The summed E-state index contributed by atoms with van der Waals surface area (Å²) in [5, 5.41) is 0. The molecule has 0 spiro atoms. The van der Waals surface area contributed by atoms with Crippen molar-refractivity contribution in [3.63, 3.8) is 0 Å². The van der Waals surface area contributed by atoms with Gasteiger partial charge in [-0.25, -0.2) is 8.78 Å². The lowest BCUT2D eigenvalue weighted by Gasteiger charge is -2.18. The first-order chi connectivity index (χ1) is 7.03. The molecule has 0 amide bonds. The molecular weight excluding hydrogens is 262 g/mol. The van der Waals surface area contributed by atoms with Gasteiger partial charge in [0.2, 0.25) is 0 Å². The number of benzene rings is 1. The molecule has 0 N–H and O–H groups in total. The fraction of sp³-hybridized carbons (Fsp3) is 0.500. The summed E-state index contributed by atoms with van der Waals surface area (Å²) >= 11 is 3.56. The number of alkyl halides is 1. The van der Waals surface area contributed by atoms with Crippen LogP contribution in [0.25, 0.3) is 0 Å². The first-order valence-corrected chi connectivity index (χ1v) is 6.03. The van der Waals surface area contributed by atoms with E-state index in [2.05, 4.69) is 22.9 Å². The van der Waals surface area contributed by atoms with Crippen LogP contribution in [0.15, 0.2) is 18.2 Å². The molecule has 1 atom stereocenters. The van der Waals surface area contributed by atoms with E-state index in [0.717, 1.165) is 18.9 Å². The molecule has 0 saturated heterocycles. The maximum Gasteiger partial charge on any atom is 0.129 e. The zero-order chi connectivity index (χ0) is 11.1. The van der Waals surface area contributed by atoms with Crippen molar-refractivity contribution in [1.82, 2.24) is 0 Å². The van der Waals surface area contributed by atoms with Gasteiger partial charge in [-0.15, -0.1) is 0 Å². The summed E-state index contributed by atoms with van der Waals surface area (Å²) in [6.45, 7) is 2.09. The largest absolute Gasteiger partial charge is 0.207 e. The van der Waals surface area contributed by atoms with Crippen LogP contribution in [0.5, 0.6) is 0 Å². The molecular formula is C12H13BrF2. The average Bonchev–Trinajstić information content (AvgIpc) is 2.91. The predicted octanol–water partition coefficient (Wildman–Crippen LogP) is 4.07. The average molecular weight is 275 g/mol. The molecule has 1 fully saturated rings. The summed E-state index contributed by atoms with van der Waals surface area (Å²) in [6, 6.07) is 3.85. The van der Waals surface area contributed by atoms with E-state index >= 15 is 0 Å². The predicted molar refractivity (Wildman–Crippen MR) is 60.1 cm³/mol. The highest BCUT2D eigenvalue weighted by atomic mass is 79.9. The lowest BCUT2D eigenvalue weighted by molar-refractivity contribution is 0.486. The maximum atomic E-state index is 13.4. The molecule has 15 heavy (non-hydrogen) atoms. The van der Waals surface area contributed by atoms with Gasteiger partial charge in [0.05, 0.1) is 0 Å². The van der Waals surface area contributed by atoms with E-state index in [1.165, 1.54) is 6.07 Å². The molecule has 3 heteroatoms. The Kier molecular flexibility index (Phi) is 2.84. The van der Waals surface area contributed by atoms with Crippen LogP contribution >= 0.6 is 15.9 Å². The summed E-state index contributed by atoms with van der Waals surface area (Å²) in [6.07, 6.45) is 2.94. The second kappa shape index (κ2) is 3.85. The van der Waals surface area contributed by atoms with Crippen LogP contribution in [-0.2, 0) is 6.42 Å². The van der Waals surface area contributed by atoms with Gasteiger partial charge in [0.25, 0.3) is 0 Å². The molecule has 1 aromatic rings. The molecule has 0 nitrogen and oxygen atoms in total. The number of rotatable bonds is 3. The number of hydrogen-bond acceptors (Lipinski definition) is 0. The first kappa shape index (κ1) is 11.1. The monoisotopic (exact) mass is 274 g/mol. The molecule has 0 radical (unpaired) electrons. The third-order valence-electron chi connectivity index (χ3n) is 3.29. The molecule has 0 bridgehead atoms. The van der Waals surface area contributed by atoms with Crippen molar-refractivity contribution in [3.8, 4) is 0 Å². The minimum Gasteiger partial charge on any atom is -0.207 e. The normalized spacial score (nSPS) is 20.0. The molecule has 82 valence electrons. The highest BCUT2D eigenvalue weighted by molar-refractivity contribution is 9.09. The first-order valence-electron chi connectivity index (χ1n) is 5.11. The van der Waals surface area contributed by atoms with Crippen LogP contribution in [0.4, 0.5) is 8.78 Å². The Labute approximate surface area is 96.8 Å². The van der Waals surface area contributed by atoms with Crippen LogP contribution in [0.1, 0.15) is 25.3 Å². The van der Waals surface area contributed by atoms with Crippen molar-refractivity contribution in [2.45, 2.75) is 31.0 Å². The van der Waals surface area contributed by atoms with Crippen molar-refractivity contribution in [3.05, 3.63) is 35.4 Å². The second-order valence-electron chi connectivity index (χ2n) is 4.39. The van der Waals surface area contributed by atoms with Gasteiger partial charge in [-0.2, -0.15) is 0 Å². The van der Waals surface area contributed by atoms with E-state index in [9.17, 15) is 8.78 Å². The highest BCUT2D eigenvalue weighted by Crippen LogP contribution is 2.53. The Morgan fingerprint density at radius 3 is 2.53 bits per heavy atom. The van der Waals surface area contributed by atoms with E-state index in [-0.39, 0.29) is 5.41 Å². The standard InChI is InChI=1S/C12H13BrF2/c1-8(13)12(4-5-12)7-9-2-3-10(14)6-11(9)15/h2-3,6,8H,4-5,7H2,1H3. The molecule has 0 aromatic heterocycles. The molecule has 0 heterocycles. The third kappa shape index (κ3) is 2.22. The van der Waals surface area contributed by atoms with Gasteiger partial charge in [-0.3, -0.25) is 0 Å². The molecule has 1 aromatic carbocycles. The van der Waals surface area contributed by atoms with E-state index in [1.54, 1.807) is 6.07 Å². The minimum atomic E-state index is -0.506. The Morgan fingerprint density at radius 2 is 2.07 bits per heavy atom. The van der Waals surface area contributed by atoms with Crippen molar-refractivity contribution >= 4 is 15.9 Å². The summed E-state index contributed by atoms with van der Waals surface area (Å²) < 4.78 is 26.1. The van der Waals surface area contributed by atoms with Crippen molar-refractivity contribution in [2.24, 2.45) is 5.41 Å². The zero-order valence-electron chi connectivity index (χ0n) is 8.56. The third-order valence-corrected chi connectivity index (χ3v) is 4.26. The maximum absolute atomic E-state index is 13.4. The Hall–Kier alpha value is -0.440. The number of hydrogen-bond donors (Lipinski definition) is 0. The Balaban J connectivity index is 2.18. The van der Waals surface area contributed by atoms with Gasteiger partial charge in [-0.1, -0.05) is 28.9 Å². The van der Waals surface area contributed by atoms with Crippen LogP contribution in [0, 0.1) is 17.0 Å². The quantitative estimate of drug-likeness (QED) is 0.729. The molecule has 0 aliphatic heterocycles. The van der Waals surface area contributed by atoms with Crippen molar-refractivity contribution in [1.29, 1.82) is 0 Å². The smallest absolute Gasteiger partial charge is 0.129 e. The number of halogens is 3. The molecule has 1 unspecified atom stereocenters. The lowest BCUT2D eigenvalue weighted by Crippen LogP contribution is -2.16. The topological polar surface area (TPSA) is 0 Å². The summed E-state index contributed by atoms with van der Waals surface area (Å²) in [5.74, 6) is -0.928. The molecule has 1 saturated carbocycles. The summed E-state index contributed by atoms with van der Waals surface area (Å²) in [7, 11) is 0. The summed E-state index contributed by atoms with van der Waals surface area (Å²) in [5.41, 5.74) is 0.818. The van der Waals surface area contributed by atoms with Crippen molar-refractivity contribution < 1.29 is 8.78 Å². The summed E-state index contributed by atoms with van der Waals surface area (Å²) in [4.78, 5) is 0.384. The van der Waals surface area contributed by atoms with Crippen LogP contribution < -0.4 is 0 Å². The SMILES string of the molecule is CC(Br)C1(Cc2ccc(F)cc2F)CC1. The van der Waals surface area contributed by atoms with Gasteiger partial charge in [0, 0.05) is 10.9 Å². The van der Waals surface area contributed by atoms with Crippen molar-refractivity contribution in [2.75, 3.05) is 0 Å². The van der Waals surface area contributed by atoms with Gasteiger partial charge < -0.3 is 0 Å². The minimum absolute atomic E-state index is 0.193. The Bertz CT molecular complexity index is 370. The molecule has 1 aliphatic rings. The van der Waals surface area contributed by atoms with Gasteiger partial charge >= 0.3 is 0 Å². The van der Waals surface area contributed by atoms with Crippen LogP contribution in [0.3, 0.4) is 0 Å². The molecule has 1 aliphatic carbocycles. The van der Waals surface area contributed by atoms with E-state index in [4.69, 9.17) is 0 Å². The van der Waals surface area contributed by atoms with Gasteiger partial charge in [-0.05, 0) is 36.3 Å².